The molecule has 0 radical (unpaired) electrons. The van der Waals surface area contributed by atoms with E-state index in [1.54, 1.807) is 11.3 Å². The molecule has 0 aromatic carbocycles. The van der Waals surface area contributed by atoms with Crippen LogP contribution in [0.2, 0.25) is 0 Å². The van der Waals surface area contributed by atoms with Gasteiger partial charge in [-0.05, 0) is 31.4 Å². The van der Waals surface area contributed by atoms with Crippen molar-refractivity contribution in [1.82, 2.24) is 14.8 Å². The van der Waals surface area contributed by atoms with Crippen LogP contribution in [0.1, 0.15) is 30.1 Å². The van der Waals surface area contributed by atoms with Gasteiger partial charge in [-0.1, -0.05) is 0 Å². The largest absolute Gasteiger partial charge is 0.391 e. The Balaban J connectivity index is 2.08. The molecule has 0 atom stereocenters. The van der Waals surface area contributed by atoms with Crippen molar-refractivity contribution in [3.8, 4) is 10.7 Å². The van der Waals surface area contributed by atoms with E-state index in [4.69, 9.17) is 5.73 Å². The quantitative estimate of drug-likeness (QED) is 0.867. The Morgan fingerprint density at radius 1 is 1.50 bits per heavy atom. The molecule has 0 bridgehead atoms. The summed E-state index contributed by atoms with van der Waals surface area (Å²) in [5, 5.41) is 5.31. The van der Waals surface area contributed by atoms with Gasteiger partial charge in [0, 0.05) is 13.0 Å². The van der Waals surface area contributed by atoms with E-state index in [0.717, 1.165) is 21.5 Å². The Morgan fingerprint density at radius 3 is 2.81 bits per heavy atom. The van der Waals surface area contributed by atoms with Gasteiger partial charge in [-0.15, -0.1) is 11.3 Å². The molecule has 0 saturated heterocycles. The van der Waals surface area contributed by atoms with Crippen LogP contribution in [-0.4, -0.2) is 14.8 Å². The van der Waals surface area contributed by atoms with Crippen molar-refractivity contribution >= 4 is 16.3 Å². The van der Waals surface area contributed by atoms with Crippen LogP contribution in [0, 0.1) is 6.92 Å². The Hall–Kier alpha value is -1.36. The summed E-state index contributed by atoms with van der Waals surface area (Å²) in [5.74, 6) is 2.53. The van der Waals surface area contributed by atoms with E-state index in [0.29, 0.717) is 5.92 Å². The molecule has 84 valence electrons. The second kappa shape index (κ2) is 3.31. The molecule has 3 rings (SSSR count). The molecule has 4 nitrogen and oxygen atoms in total. The first kappa shape index (κ1) is 9.84. The predicted molar refractivity (Wildman–Crippen MR) is 65.4 cm³/mol. The molecule has 1 aliphatic rings. The third-order valence-electron chi connectivity index (χ3n) is 2.86. The van der Waals surface area contributed by atoms with E-state index < -0.39 is 0 Å². The molecule has 0 spiro atoms. The van der Waals surface area contributed by atoms with Crippen LogP contribution in [-0.2, 0) is 7.05 Å². The minimum absolute atomic E-state index is 0.595. The van der Waals surface area contributed by atoms with Crippen molar-refractivity contribution in [2.45, 2.75) is 25.7 Å². The Bertz CT molecular complexity index is 536. The highest BCUT2D eigenvalue weighted by atomic mass is 32.1. The number of hydrogen-bond donors (Lipinski definition) is 1. The molecule has 2 aromatic rings. The van der Waals surface area contributed by atoms with E-state index in [1.807, 2.05) is 17.8 Å². The highest BCUT2D eigenvalue weighted by Gasteiger charge is 2.29. The Kier molecular flexibility index (Phi) is 2.04. The number of hydrogen-bond acceptors (Lipinski definition) is 4. The number of rotatable bonds is 2. The molecule has 5 heteroatoms. The average Bonchev–Trinajstić information content (AvgIpc) is 2.92. The molecule has 0 amide bonds. The number of nitrogen functional groups attached to an aromatic ring is 1. The first-order valence-electron chi connectivity index (χ1n) is 5.42. The first-order valence-corrected chi connectivity index (χ1v) is 6.24. The minimum Gasteiger partial charge on any atom is -0.391 e. The second-order valence-electron chi connectivity index (χ2n) is 4.35. The summed E-state index contributed by atoms with van der Waals surface area (Å²) in [7, 11) is 1.95. The van der Waals surface area contributed by atoms with Gasteiger partial charge in [-0.3, -0.25) is 0 Å². The van der Waals surface area contributed by atoms with Gasteiger partial charge < -0.3 is 5.73 Å². The summed E-state index contributed by atoms with van der Waals surface area (Å²) < 4.78 is 1.87. The van der Waals surface area contributed by atoms with Crippen LogP contribution in [0.15, 0.2) is 6.07 Å². The molecule has 2 aromatic heterocycles. The standard InChI is InChI=1S/C11H14N4S/c1-6-5-8(12)16-9(6)11-13-10(7-3-4-7)14-15(11)2/h5,7H,3-4,12H2,1-2H3. The first-order chi connectivity index (χ1) is 7.65. The zero-order valence-corrected chi connectivity index (χ0v) is 10.2. The van der Waals surface area contributed by atoms with Crippen molar-refractivity contribution in [3.05, 3.63) is 17.5 Å². The summed E-state index contributed by atoms with van der Waals surface area (Å²) in [5.41, 5.74) is 6.99. The summed E-state index contributed by atoms with van der Waals surface area (Å²) in [6, 6.07) is 1.99. The summed E-state index contributed by atoms with van der Waals surface area (Å²) in [4.78, 5) is 5.76. The van der Waals surface area contributed by atoms with Crippen molar-refractivity contribution in [1.29, 1.82) is 0 Å². The van der Waals surface area contributed by atoms with Gasteiger partial charge >= 0.3 is 0 Å². The maximum Gasteiger partial charge on any atom is 0.168 e. The maximum absolute atomic E-state index is 5.81. The van der Waals surface area contributed by atoms with E-state index in [-0.39, 0.29) is 0 Å². The number of aromatic nitrogens is 3. The zero-order chi connectivity index (χ0) is 11.3. The van der Waals surface area contributed by atoms with Gasteiger partial charge in [-0.25, -0.2) is 9.67 Å². The maximum atomic E-state index is 5.81. The van der Waals surface area contributed by atoms with Crippen LogP contribution in [0.5, 0.6) is 0 Å². The molecule has 2 heterocycles. The van der Waals surface area contributed by atoms with Gasteiger partial charge in [0.05, 0.1) is 9.88 Å². The molecule has 2 N–H and O–H groups in total. The van der Waals surface area contributed by atoms with Gasteiger partial charge in [-0.2, -0.15) is 5.10 Å². The molecule has 0 aliphatic heterocycles. The molecule has 1 fully saturated rings. The lowest BCUT2D eigenvalue weighted by Crippen LogP contribution is -1.94. The topological polar surface area (TPSA) is 56.7 Å². The fourth-order valence-electron chi connectivity index (χ4n) is 1.85. The molecular formula is C11H14N4S. The van der Waals surface area contributed by atoms with Crippen LogP contribution in [0.25, 0.3) is 10.7 Å². The average molecular weight is 234 g/mol. The predicted octanol–water partition coefficient (Wildman–Crippen LogP) is 2.31. The van der Waals surface area contributed by atoms with Crippen molar-refractivity contribution < 1.29 is 0 Å². The second-order valence-corrected chi connectivity index (χ2v) is 5.44. The number of nitrogens with two attached hydrogens (primary N) is 1. The van der Waals surface area contributed by atoms with Crippen molar-refractivity contribution in [3.63, 3.8) is 0 Å². The Labute approximate surface area is 98.1 Å². The highest BCUT2D eigenvalue weighted by molar-refractivity contribution is 7.19. The lowest BCUT2D eigenvalue weighted by Gasteiger charge is -1.96. The highest BCUT2D eigenvalue weighted by Crippen LogP contribution is 2.40. The van der Waals surface area contributed by atoms with E-state index in [2.05, 4.69) is 17.0 Å². The third kappa shape index (κ3) is 1.51. The molecule has 16 heavy (non-hydrogen) atoms. The minimum atomic E-state index is 0.595. The zero-order valence-electron chi connectivity index (χ0n) is 9.40. The number of aryl methyl sites for hydroxylation is 2. The normalized spacial score (nSPS) is 15.6. The molecule has 1 aliphatic carbocycles. The fraction of sp³-hybridized carbons (Fsp3) is 0.455. The number of anilines is 1. The van der Waals surface area contributed by atoms with E-state index >= 15 is 0 Å². The molecule has 0 unspecified atom stereocenters. The fourth-order valence-corrected chi connectivity index (χ4v) is 2.81. The summed E-state index contributed by atoms with van der Waals surface area (Å²) in [6.45, 7) is 2.06. The number of thiophene rings is 1. The SMILES string of the molecule is Cc1cc(N)sc1-c1nc(C2CC2)nn1C. The van der Waals surface area contributed by atoms with Gasteiger partial charge in [0.15, 0.2) is 11.6 Å². The van der Waals surface area contributed by atoms with Crippen molar-refractivity contribution in [2.75, 3.05) is 5.73 Å². The van der Waals surface area contributed by atoms with Crippen LogP contribution < -0.4 is 5.73 Å². The molecular weight excluding hydrogens is 220 g/mol. The van der Waals surface area contributed by atoms with Crippen LogP contribution >= 0.6 is 11.3 Å². The van der Waals surface area contributed by atoms with E-state index in [9.17, 15) is 0 Å². The van der Waals surface area contributed by atoms with Gasteiger partial charge in [0.25, 0.3) is 0 Å². The summed E-state index contributed by atoms with van der Waals surface area (Å²) >= 11 is 1.58. The van der Waals surface area contributed by atoms with Crippen molar-refractivity contribution in [2.24, 2.45) is 7.05 Å². The number of nitrogens with zero attached hydrogens (tertiary/aromatic N) is 3. The van der Waals surface area contributed by atoms with Gasteiger partial charge in [0.2, 0.25) is 0 Å². The Morgan fingerprint density at radius 2 is 2.25 bits per heavy atom. The van der Waals surface area contributed by atoms with Crippen LogP contribution in [0.3, 0.4) is 0 Å². The third-order valence-corrected chi connectivity index (χ3v) is 3.92. The van der Waals surface area contributed by atoms with Crippen LogP contribution in [0.4, 0.5) is 5.00 Å². The smallest absolute Gasteiger partial charge is 0.168 e. The monoisotopic (exact) mass is 234 g/mol. The lowest BCUT2D eigenvalue weighted by molar-refractivity contribution is 0.751. The van der Waals surface area contributed by atoms with E-state index in [1.165, 1.54) is 18.4 Å². The van der Waals surface area contributed by atoms with Gasteiger partial charge in [0.1, 0.15) is 0 Å². The molecule has 1 saturated carbocycles. The summed E-state index contributed by atoms with van der Waals surface area (Å²) in [6.07, 6.45) is 2.46. The lowest BCUT2D eigenvalue weighted by atomic mass is 10.3.